The van der Waals surface area contributed by atoms with Crippen LogP contribution in [0.3, 0.4) is 0 Å². The first kappa shape index (κ1) is 26.9. The van der Waals surface area contributed by atoms with Crippen LogP contribution in [0, 0.1) is 0 Å². The molecule has 0 saturated carbocycles. The van der Waals surface area contributed by atoms with E-state index in [4.69, 9.17) is 17.2 Å². The first-order valence-corrected chi connectivity index (χ1v) is 14.8. The summed E-state index contributed by atoms with van der Waals surface area (Å²) in [4.78, 5) is 35.8. The predicted molar refractivity (Wildman–Crippen MR) is 155 cm³/mol. The molecule has 36 heavy (non-hydrogen) atoms. The molecule has 2 aromatic rings. The van der Waals surface area contributed by atoms with Crippen LogP contribution >= 0.6 is 24.0 Å². The molecule has 0 bridgehead atoms. The van der Waals surface area contributed by atoms with Gasteiger partial charge in [0.25, 0.3) is 11.5 Å². The second kappa shape index (κ2) is 13.4. The number of amides is 1. The second-order valence-electron chi connectivity index (χ2n) is 9.79. The zero-order valence-electron chi connectivity index (χ0n) is 21.4. The molecular formula is C28H38N4O2S2. The summed E-state index contributed by atoms with van der Waals surface area (Å²) in [6, 6.07) is 5.55. The molecule has 0 atom stereocenters. The smallest absolute Gasteiger partial charge is 0.267 e. The number of hydrogen-bond donors (Lipinski definition) is 0. The van der Waals surface area contributed by atoms with E-state index in [-0.39, 0.29) is 11.5 Å². The van der Waals surface area contributed by atoms with Gasteiger partial charge in [0, 0.05) is 25.8 Å². The fourth-order valence-electron chi connectivity index (χ4n) is 4.97. The largest absolute Gasteiger partial charge is 0.356 e. The third kappa shape index (κ3) is 6.57. The number of aromatic nitrogens is 2. The van der Waals surface area contributed by atoms with Crippen molar-refractivity contribution in [3.63, 3.8) is 0 Å². The molecule has 4 rings (SSSR count). The van der Waals surface area contributed by atoms with Crippen molar-refractivity contribution < 1.29 is 4.79 Å². The van der Waals surface area contributed by atoms with Gasteiger partial charge in [0.15, 0.2) is 0 Å². The number of fused-ring (bicyclic) bond motifs is 1. The third-order valence-corrected chi connectivity index (χ3v) is 8.42. The highest BCUT2D eigenvalue weighted by molar-refractivity contribution is 8.26. The van der Waals surface area contributed by atoms with E-state index in [1.54, 1.807) is 21.6 Å². The molecule has 194 valence electrons. The molecule has 0 radical (unpaired) electrons. The Bertz CT molecular complexity index is 1150. The summed E-state index contributed by atoms with van der Waals surface area (Å²) in [6.45, 7) is 4.64. The van der Waals surface area contributed by atoms with E-state index in [9.17, 15) is 9.59 Å². The van der Waals surface area contributed by atoms with E-state index in [2.05, 4.69) is 11.8 Å². The first-order valence-electron chi connectivity index (χ1n) is 13.6. The third-order valence-electron chi connectivity index (χ3n) is 7.04. The van der Waals surface area contributed by atoms with Crippen LogP contribution in [-0.2, 0) is 4.79 Å². The Morgan fingerprint density at radius 1 is 0.972 bits per heavy atom. The predicted octanol–water partition coefficient (Wildman–Crippen LogP) is 6.42. The molecule has 8 heteroatoms. The lowest BCUT2D eigenvalue weighted by molar-refractivity contribution is -0.122. The first-order chi connectivity index (χ1) is 17.6. The summed E-state index contributed by atoms with van der Waals surface area (Å²) in [5, 5.41) is 0. The van der Waals surface area contributed by atoms with Crippen LogP contribution in [-0.4, -0.2) is 44.1 Å². The lowest BCUT2D eigenvalue weighted by Gasteiger charge is -2.19. The van der Waals surface area contributed by atoms with E-state index in [1.807, 2.05) is 18.2 Å². The molecule has 0 aliphatic carbocycles. The van der Waals surface area contributed by atoms with Crippen molar-refractivity contribution in [1.82, 2.24) is 14.3 Å². The minimum atomic E-state index is -0.150. The number of anilines is 1. The van der Waals surface area contributed by atoms with Crippen molar-refractivity contribution in [3.05, 3.63) is 45.2 Å². The molecule has 1 amide bonds. The summed E-state index contributed by atoms with van der Waals surface area (Å²) >= 11 is 6.85. The number of rotatable bonds is 13. The van der Waals surface area contributed by atoms with E-state index >= 15 is 0 Å². The van der Waals surface area contributed by atoms with Gasteiger partial charge in [-0.05, 0) is 37.5 Å². The zero-order chi connectivity index (χ0) is 25.3. The lowest BCUT2D eigenvalue weighted by Crippen LogP contribution is -2.29. The van der Waals surface area contributed by atoms with Crippen molar-refractivity contribution in [2.75, 3.05) is 24.5 Å². The van der Waals surface area contributed by atoms with Crippen LogP contribution < -0.4 is 10.5 Å². The minimum Gasteiger partial charge on any atom is -0.356 e. The molecular weight excluding hydrogens is 488 g/mol. The number of nitrogens with zero attached hydrogens (tertiary/aromatic N) is 4. The Kier molecular flexibility index (Phi) is 9.98. The van der Waals surface area contributed by atoms with Gasteiger partial charge in [0.1, 0.15) is 15.8 Å². The van der Waals surface area contributed by atoms with Crippen LogP contribution in [0.4, 0.5) is 5.82 Å². The highest BCUT2D eigenvalue weighted by Crippen LogP contribution is 2.34. The zero-order valence-corrected chi connectivity index (χ0v) is 23.0. The average molecular weight is 527 g/mol. The quantitative estimate of drug-likeness (QED) is 0.171. The Morgan fingerprint density at radius 3 is 2.33 bits per heavy atom. The summed E-state index contributed by atoms with van der Waals surface area (Å²) in [7, 11) is 0. The van der Waals surface area contributed by atoms with E-state index in [0.29, 0.717) is 32.8 Å². The monoisotopic (exact) mass is 526 g/mol. The maximum Gasteiger partial charge on any atom is 0.267 e. The molecule has 2 aliphatic heterocycles. The lowest BCUT2D eigenvalue weighted by atomic mass is 10.1. The Morgan fingerprint density at radius 2 is 1.64 bits per heavy atom. The molecule has 2 aliphatic rings. The van der Waals surface area contributed by atoms with Crippen LogP contribution in [0.5, 0.6) is 0 Å². The van der Waals surface area contributed by atoms with Crippen molar-refractivity contribution in [3.8, 4) is 0 Å². The fourth-order valence-corrected chi connectivity index (χ4v) is 6.26. The highest BCUT2D eigenvalue weighted by atomic mass is 32.2. The van der Waals surface area contributed by atoms with Gasteiger partial charge in [-0.1, -0.05) is 94.8 Å². The van der Waals surface area contributed by atoms with E-state index < -0.39 is 0 Å². The van der Waals surface area contributed by atoms with Crippen molar-refractivity contribution in [2.45, 2.75) is 84.0 Å². The van der Waals surface area contributed by atoms with Gasteiger partial charge in [-0.3, -0.25) is 18.9 Å². The Hall–Kier alpha value is -2.19. The van der Waals surface area contributed by atoms with E-state index in [1.165, 1.54) is 63.1 Å². The van der Waals surface area contributed by atoms with Crippen LogP contribution in [0.25, 0.3) is 11.7 Å². The summed E-state index contributed by atoms with van der Waals surface area (Å²) < 4.78 is 2.13. The molecule has 0 unspecified atom stereocenters. The average Bonchev–Trinajstić information content (AvgIpc) is 3.51. The van der Waals surface area contributed by atoms with Gasteiger partial charge in [-0.2, -0.15) is 0 Å². The maximum absolute atomic E-state index is 13.4. The number of thiocarbonyl (C=S) groups is 1. The molecule has 4 heterocycles. The fraction of sp³-hybridized carbons (Fsp3) is 0.571. The Labute approximate surface area is 224 Å². The number of thioether (sulfide) groups is 1. The van der Waals surface area contributed by atoms with E-state index in [0.717, 1.165) is 38.8 Å². The summed E-state index contributed by atoms with van der Waals surface area (Å²) in [5.41, 5.74) is 0.942. The number of carbonyl (C=O) groups excluding carboxylic acids is 1. The number of hydrogen-bond acceptors (Lipinski definition) is 6. The summed E-state index contributed by atoms with van der Waals surface area (Å²) in [6.07, 6.45) is 18.1. The topological polar surface area (TPSA) is 57.9 Å². The number of pyridine rings is 1. The SMILES string of the molecule is CCCCCCCCCCCCN1C(=O)C(=Cc2c(N3CCCC3)nc3ccccn3c2=O)SC1=S. The number of carbonyl (C=O) groups is 1. The van der Waals surface area contributed by atoms with Gasteiger partial charge in [-0.15, -0.1) is 0 Å². The Balaban J connectivity index is 1.39. The van der Waals surface area contributed by atoms with Gasteiger partial charge < -0.3 is 4.90 Å². The van der Waals surface area contributed by atoms with Gasteiger partial charge in [0.2, 0.25) is 0 Å². The molecule has 2 aromatic heterocycles. The van der Waals surface area contributed by atoms with Crippen molar-refractivity contribution in [2.24, 2.45) is 0 Å². The normalized spacial score (nSPS) is 17.3. The maximum atomic E-state index is 13.4. The molecule has 6 nitrogen and oxygen atoms in total. The highest BCUT2D eigenvalue weighted by Gasteiger charge is 2.32. The van der Waals surface area contributed by atoms with Gasteiger partial charge in [0.05, 0.1) is 10.5 Å². The van der Waals surface area contributed by atoms with Crippen molar-refractivity contribution >= 4 is 51.7 Å². The standard InChI is InChI=1S/C28H38N4O2S2/c1-2-3-4-5-6-7-8-9-10-12-20-32-27(34)23(36-28(32)35)21-22-25(30-17-14-15-18-30)29-24-16-11-13-19-31(24)26(22)33/h11,13,16,19,21H,2-10,12,14-15,17-18,20H2,1H3. The molecule has 2 saturated heterocycles. The van der Waals surface area contributed by atoms with Gasteiger partial charge in [-0.25, -0.2) is 4.98 Å². The molecule has 0 aromatic carbocycles. The van der Waals surface area contributed by atoms with Crippen LogP contribution in [0.15, 0.2) is 34.1 Å². The second-order valence-corrected chi connectivity index (χ2v) is 11.5. The van der Waals surface area contributed by atoms with Gasteiger partial charge >= 0.3 is 0 Å². The van der Waals surface area contributed by atoms with Crippen molar-refractivity contribution in [1.29, 1.82) is 0 Å². The molecule has 0 spiro atoms. The summed E-state index contributed by atoms with van der Waals surface area (Å²) in [5.74, 6) is 0.578. The van der Waals surface area contributed by atoms with Crippen LogP contribution in [0.1, 0.15) is 89.5 Å². The molecule has 2 fully saturated rings. The number of unbranched alkanes of at least 4 members (excludes halogenated alkanes) is 9. The molecule has 0 N–H and O–H groups in total. The minimum absolute atomic E-state index is 0.0918. The van der Waals surface area contributed by atoms with Crippen LogP contribution in [0.2, 0.25) is 0 Å².